The number of hydrogen-bond acceptors (Lipinski definition) is 5. The molecule has 21 heavy (non-hydrogen) atoms. The Morgan fingerprint density at radius 3 is 3.10 bits per heavy atom. The molecule has 0 saturated carbocycles. The zero-order chi connectivity index (χ0) is 14.2. The molecule has 0 amide bonds. The average Bonchev–Trinajstić information content (AvgIpc) is 3.15. The van der Waals surface area contributed by atoms with E-state index in [-0.39, 0.29) is 6.04 Å². The molecule has 1 unspecified atom stereocenters. The zero-order valence-corrected chi connectivity index (χ0v) is 11.7. The highest BCUT2D eigenvalue weighted by Crippen LogP contribution is 2.28. The van der Waals surface area contributed by atoms with E-state index in [2.05, 4.69) is 38.6 Å². The van der Waals surface area contributed by atoms with Crippen LogP contribution >= 0.6 is 0 Å². The first-order chi connectivity index (χ1) is 10.3. The predicted molar refractivity (Wildman–Crippen MR) is 76.5 cm³/mol. The number of nitrogens with one attached hydrogen (secondary N) is 1. The van der Waals surface area contributed by atoms with E-state index in [0.29, 0.717) is 11.7 Å². The van der Waals surface area contributed by atoms with Gasteiger partial charge >= 0.3 is 0 Å². The molecule has 2 aromatic heterocycles. The Morgan fingerprint density at radius 2 is 2.24 bits per heavy atom. The molecule has 0 fully saturated rings. The highest BCUT2D eigenvalue weighted by atomic mass is 16.5. The predicted octanol–water partition coefficient (Wildman–Crippen LogP) is 1.71. The summed E-state index contributed by atoms with van der Waals surface area (Å²) in [5.41, 5.74) is 3.39. The van der Waals surface area contributed by atoms with Gasteiger partial charge in [0.1, 0.15) is 11.7 Å². The summed E-state index contributed by atoms with van der Waals surface area (Å²) in [4.78, 5) is 8.62. The van der Waals surface area contributed by atoms with E-state index >= 15 is 0 Å². The monoisotopic (exact) mass is 281 g/mol. The molecule has 1 atom stereocenters. The lowest BCUT2D eigenvalue weighted by Gasteiger charge is -2.23. The first-order valence-electron chi connectivity index (χ1n) is 6.94. The van der Waals surface area contributed by atoms with Gasteiger partial charge in [0.25, 0.3) is 0 Å². The van der Waals surface area contributed by atoms with Gasteiger partial charge in [-0.3, -0.25) is 0 Å². The summed E-state index contributed by atoms with van der Waals surface area (Å²) in [6.07, 6.45) is 4.48. The van der Waals surface area contributed by atoms with Gasteiger partial charge in [-0.15, -0.1) is 0 Å². The first kappa shape index (κ1) is 12.3. The van der Waals surface area contributed by atoms with Crippen molar-refractivity contribution in [2.75, 3.05) is 6.54 Å². The lowest BCUT2D eigenvalue weighted by atomic mass is 9.94. The van der Waals surface area contributed by atoms with Crippen molar-refractivity contribution in [3.8, 4) is 11.5 Å². The van der Waals surface area contributed by atoms with Crippen molar-refractivity contribution in [3.63, 3.8) is 0 Å². The number of aromatic nitrogens is 4. The third kappa shape index (κ3) is 2.04. The lowest BCUT2D eigenvalue weighted by Crippen LogP contribution is -2.30. The molecule has 0 saturated heterocycles. The van der Waals surface area contributed by atoms with Gasteiger partial charge in [0.05, 0.1) is 12.5 Å². The van der Waals surface area contributed by atoms with Crippen LogP contribution < -0.4 is 5.32 Å². The lowest BCUT2D eigenvalue weighted by molar-refractivity contribution is 0.343. The first-order valence-corrected chi connectivity index (χ1v) is 6.94. The molecule has 0 spiro atoms. The number of rotatable bonds is 2. The molecular weight excluding hydrogens is 266 g/mol. The number of benzene rings is 1. The molecule has 1 aromatic carbocycles. The quantitative estimate of drug-likeness (QED) is 0.774. The second-order valence-corrected chi connectivity index (χ2v) is 5.18. The normalized spacial score (nSPS) is 17.7. The Morgan fingerprint density at radius 1 is 1.33 bits per heavy atom. The summed E-state index contributed by atoms with van der Waals surface area (Å²) in [5.74, 6) is 1.16. The number of fused-ring (bicyclic) bond motifs is 1. The molecule has 3 aromatic rings. The van der Waals surface area contributed by atoms with Crippen molar-refractivity contribution in [1.82, 2.24) is 25.0 Å². The van der Waals surface area contributed by atoms with Crippen molar-refractivity contribution in [2.45, 2.75) is 12.5 Å². The maximum atomic E-state index is 5.48. The van der Waals surface area contributed by atoms with Crippen molar-refractivity contribution in [3.05, 3.63) is 53.8 Å². The Labute approximate surface area is 121 Å². The third-order valence-corrected chi connectivity index (χ3v) is 3.84. The van der Waals surface area contributed by atoms with Gasteiger partial charge in [-0.05, 0) is 17.5 Å². The maximum absolute atomic E-state index is 5.48. The molecule has 0 radical (unpaired) electrons. The largest absolute Gasteiger partial charge is 0.337 e. The molecule has 0 bridgehead atoms. The van der Waals surface area contributed by atoms with E-state index < -0.39 is 0 Å². The fourth-order valence-electron chi connectivity index (χ4n) is 2.75. The Balaban J connectivity index is 1.73. The molecule has 1 aliphatic rings. The Hall–Kier alpha value is -2.47. The minimum absolute atomic E-state index is 0.0376. The second-order valence-electron chi connectivity index (χ2n) is 5.18. The average molecular weight is 281 g/mol. The summed E-state index contributed by atoms with van der Waals surface area (Å²) >= 11 is 0. The van der Waals surface area contributed by atoms with Gasteiger partial charge < -0.3 is 14.4 Å². The molecule has 6 heteroatoms. The van der Waals surface area contributed by atoms with Crippen molar-refractivity contribution in [1.29, 1.82) is 0 Å². The van der Waals surface area contributed by atoms with Crippen molar-refractivity contribution >= 4 is 0 Å². The smallest absolute Gasteiger partial charge is 0.248 e. The van der Waals surface area contributed by atoms with E-state index in [9.17, 15) is 0 Å². The summed E-state index contributed by atoms with van der Waals surface area (Å²) in [6, 6.07) is 8.33. The van der Waals surface area contributed by atoms with Crippen LogP contribution in [-0.2, 0) is 13.5 Å². The summed E-state index contributed by atoms with van der Waals surface area (Å²) < 4.78 is 7.35. The number of imidazole rings is 1. The molecule has 106 valence electrons. The van der Waals surface area contributed by atoms with Crippen LogP contribution in [0.25, 0.3) is 11.5 Å². The summed E-state index contributed by atoms with van der Waals surface area (Å²) in [7, 11) is 1.91. The van der Waals surface area contributed by atoms with Gasteiger partial charge in [0, 0.05) is 13.6 Å². The molecule has 1 aliphatic heterocycles. The van der Waals surface area contributed by atoms with Gasteiger partial charge in [-0.25, -0.2) is 4.98 Å². The standard InChI is InChI=1S/C15H15N5O/c1-20-9-16-8-12(20)14-18-15(21-19-14)13-11-5-3-2-4-10(11)6-7-17-13/h2-5,8-9,13,17H,6-7H2,1H3. The van der Waals surface area contributed by atoms with E-state index in [1.807, 2.05) is 17.7 Å². The van der Waals surface area contributed by atoms with Crippen LogP contribution in [0.5, 0.6) is 0 Å². The fourth-order valence-corrected chi connectivity index (χ4v) is 2.75. The van der Waals surface area contributed by atoms with E-state index in [1.54, 1.807) is 12.5 Å². The van der Waals surface area contributed by atoms with Crippen LogP contribution in [0, 0.1) is 0 Å². The van der Waals surface area contributed by atoms with Crippen LogP contribution in [0.3, 0.4) is 0 Å². The summed E-state index contributed by atoms with van der Waals surface area (Å²) in [6.45, 7) is 0.908. The molecule has 4 rings (SSSR count). The van der Waals surface area contributed by atoms with Gasteiger partial charge in [0.15, 0.2) is 0 Å². The second kappa shape index (κ2) is 4.82. The third-order valence-electron chi connectivity index (χ3n) is 3.84. The van der Waals surface area contributed by atoms with Crippen LogP contribution in [0.1, 0.15) is 23.1 Å². The highest BCUT2D eigenvalue weighted by Gasteiger charge is 2.26. The van der Waals surface area contributed by atoms with Crippen LogP contribution in [0.2, 0.25) is 0 Å². The number of aryl methyl sites for hydroxylation is 1. The number of hydrogen-bond donors (Lipinski definition) is 1. The molecular formula is C15H15N5O. The molecule has 6 nitrogen and oxygen atoms in total. The minimum atomic E-state index is -0.0376. The highest BCUT2D eigenvalue weighted by molar-refractivity contribution is 5.47. The van der Waals surface area contributed by atoms with Crippen LogP contribution in [0.4, 0.5) is 0 Å². The van der Waals surface area contributed by atoms with Crippen LogP contribution in [-0.4, -0.2) is 26.2 Å². The zero-order valence-electron chi connectivity index (χ0n) is 11.7. The number of nitrogens with zero attached hydrogens (tertiary/aromatic N) is 4. The molecule has 3 heterocycles. The van der Waals surface area contributed by atoms with E-state index in [4.69, 9.17) is 4.52 Å². The van der Waals surface area contributed by atoms with Gasteiger partial charge in [-0.2, -0.15) is 4.98 Å². The SMILES string of the molecule is Cn1cncc1-c1noc(C2NCCc3ccccc32)n1. The van der Waals surface area contributed by atoms with Crippen molar-refractivity contribution < 1.29 is 4.52 Å². The summed E-state index contributed by atoms with van der Waals surface area (Å²) in [5, 5.41) is 7.53. The van der Waals surface area contributed by atoms with E-state index in [1.165, 1.54) is 11.1 Å². The fraction of sp³-hybridized carbons (Fsp3) is 0.267. The molecule has 1 N–H and O–H groups in total. The Bertz CT molecular complexity index is 776. The van der Waals surface area contributed by atoms with Crippen molar-refractivity contribution in [2.24, 2.45) is 7.05 Å². The topological polar surface area (TPSA) is 68.8 Å². The van der Waals surface area contributed by atoms with E-state index in [0.717, 1.165) is 18.7 Å². The molecule has 0 aliphatic carbocycles. The van der Waals surface area contributed by atoms with Gasteiger partial charge in [-0.1, -0.05) is 29.4 Å². The maximum Gasteiger partial charge on any atom is 0.248 e. The minimum Gasteiger partial charge on any atom is -0.337 e. The van der Waals surface area contributed by atoms with Crippen LogP contribution in [0.15, 0.2) is 41.3 Å². The van der Waals surface area contributed by atoms with Gasteiger partial charge in [0.2, 0.25) is 11.7 Å². The Kier molecular flexibility index (Phi) is 2.82.